The molecule has 2 aromatic carbocycles. The van der Waals surface area contributed by atoms with E-state index in [-0.39, 0.29) is 5.91 Å². The number of nitrogens with zero attached hydrogens (tertiary/aromatic N) is 1. The summed E-state index contributed by atoms with van der Waals surface area (Å²) in [6, 6.07) is 15.5. The molecule has 0 radical (unpaired) electrons. The minimum absolute atomic E-state index is 0.178. The molecule has 2 atom stereocenters. The van der Waals surface area contributed by atoms with E-state index in [4.69, 9.17) is 4.74 Å². The summed E-state index contributed by atoms with van der Waals surface area (Å²) in [5.74, 6) is 1.08. The van der Waals surface area contributed by atoms with Crippen LogP contribution in [0.15, 0.2) is 42.5 Å². The highest BCUT2D eigenvalue weighted by molar-refractivity contribution is 5.96. The Bertz CT molecular complexity index is 837. The molecule has 5 nitrogen and oxygen atoms in total. The smallest absolute Gasteiger partial charge is 0.227 e. The fourth-order valence-electron chi connectivity index (χ4n) is 4.40. The number of carbonyl (C=O) groups excluding carboxylic acids is 1. The van der Waals surface area contributed by atoms with E-state index in [9.17, 15) is 4.79 Å². The lowest BCUT2D eigenvalue weighted by Gasteiger charge is -2.34. The van der Waals surface area contributed by atoms with E-state index < -0.39 is 0 Å². The fourth-order valence-corrected chi connectivity index (χ4v) is 4.40. The molecule has 2 aromatic rings. The van der Waals surface area contributed by atoms with Gasteiger partial charge in [0.25, 0.3) is 0 Å². The van der Waals surface area contributed by atoms with E-state index in [1.54, 1.807) is 12.0 Å². The molecule has 2 aliphatic heterocycles. The third-order valence-electron chi connectivity index (χ3n) is 6.00. The van der Waals surface area contributed by atoms with E-state index in [0.29, 0.717) is 25.0 Å². The van der Waals surface area contributed by atoms with Gasteiger partial charge in [-0.05, 0) is 49.1 Å². The SMILES string of the molecule is COc1cc2c(cc1CN[C@@H]1CCCN[C@@H]1c1ccccc1)N(C)C(=O)CC2. The van der Waals surface area contributed by atoms with E-state index in [1.807, 2.05) is 7.05 Å². The van der Waals surface area contributed by atoms with Gasteiger partial charge in [-0.2, -0.15) is 0 Å². The van der Waals surface area contributed by atoms with Crippen LogP contribution in [0.3, 0.4) is 0 Å². The minimum Gasteiger partial charge on any atom is -0.496 e. The molecule has 1 saturated heterocycles. The predicted molar refractivity (Wildman–Crippen MR) is 112 cm³/mol. The lowest BCUT2D eigenvalue weighted by molar-refractivity contribution is -0.118. The maximum atomic E-state index is 12.1. The third-order valence-corrected chi connectivity index (χ3v) is 6.00. The molecule has 0 aromatic heterocycles. The van der Waals surface area contributed by atoms with Gasteiger partial charge in [0.05, 0.1) is 7.11 Å². The number of ether oxygens (including phenoxy) is 1. The van der Waals surface area contributed by atoms with Crippen molar-refractivity contribution >= 4 is 11.6 Å². The topological polar surface area (TPSA) is 53.6 Å². The average Bonchev–Trinajstić information content (AvgIpc) is 2.75. The first-order chi connectivity index (χ1) is 13.7. The molecule has 0 aliphatic carbocycles. The summed E-state index contributed by atoms with van der Waals surface area (Å²) in [7, 11) is 3.58. The van der Waals surface area contributed by atoms with Crippen molar-refractivity contribution in [1.82, 2.24) is 10.6 Å². The second kappa shape index (κ2) is 8.33. The van der Waals surface area contributed by atoms with Gasteiger partial charge in [-0.25, -0.2) is 0 Å². The van der Waals surface area contributed by atoms with Crippen molar-refractivity contribution < 1.29 is 9.53 Å². The Balaban J connectivity index is 1.54. The largest absolute Gasteiger partial charge is 0.496 e. The van der Waals surface area contributed by atoms with Gasteiger partial charge in [-0.15, -0.1) is 0 Å². The monoisotopic (exact) mass is 379 g/mol. The zero-order valence-electron chi connectivity index (χ0n) is 16.7. The maximum absolute atomic E-state index is 12.1. The molecule has 148 valence electrons. The standard InChI is InChI=1S/C23H29N3O2/c1-26-20-13-18(21(28-2)14-17(20)10-11-22(26)27)15-25-19-9-6-12-24-23(19)16-7-4-3-5-8-16/h3-5,7-8,13-14,19,23-25H,6,9-12,15H2,1-2H3/t19-,23-/m1/s1. The molecule has 2 N–H and O–H groups in total. The number of nitrogens with one attached hydrogen (secondary N) is 2. The van der Waals surface area contributed by atoms with Crippen LogP contribution in [0, 0.1) is 0 Å². The number of amides is 1. The van der Waals surface area contributed by atoms with Crippen LogP contribution < -0.4 is 20.3 Å². The van der Waals surface area contributed by atoms with Gasteiger partial charge >= 0.3 is 0 Å². The van der Waals surface area contributed by atoms with Gasteiger partial charge in [-0.3, -0.25) is 4.79 Å². The number of piperidine rings is 1. The molecule has 0 spiro atoms. The predicted octanol–water partition coefficient (Wildman–Crippen LogP) is 3.19. The van der Waals surface area contributed by atoms with Crippen molar-refractivity contribution in [2.45, 2.75) is 44.3 Å². The van der Waals surface area contributed by atoms with Gasteiger partial charge in [0.1, 0.15) is 5.75 Å². The van der Waals surface area contributed by atoms with E-state index in [1.165, 1.54) is 17.5 Å². The number of fused-ring (bicyclic) bond motifs is 1. The number of benzene rings is 2. The van der Waals surface area contributed by atoms with Crippen LogP contribution in [-0.2, 0) is 17.8 Å². The van der Waals surface area contributed by atoms with Crippen LogP contribution in [0.2, 0.25) is 0 Å². The molecule has 5 heteroatoms. The van der Waals surface area contributed by atoms with Gasteiger partial charge in [0.15, 0.2) is 0 Å². The molecular formula is C23H29N3O2. The molecular weight excluding hydrogens is 350 g/mol. The summed E-state index contributed by atoms with van der Waals surface area (Å²) in [4.78, 5) is 13.9. The van der Waals surface area contributed by atoms with Crippen LogP contribution in [0.25, 0.3) is 0 Å². The molecule has 0 unspecified atom stereocenters. The Hall–Kier alpha value is -2.37. The van der Waals surface area contributed by atoms with Crippen molar-refractivity contribution in [2.24, 2.45) is 0 Å². The number of methoxy groups -OCH3 is 1. The van der Waals surface area contributed by atoms with E-state index >= 15 is 0 Å². The third kappa shape index (κ3) is 3.77. The van der Waals surface area contributed by atoms with Gasteiger partial charge < -0.3 is 20.3 Å². The first-order valence-electron chi connectivity index (χ1n) is 10.2. The summed E-state index contributed by atoms with van der Waals surface area (Å²) in [5, 5.41) is 7.41. The first-order valence-corrected chi connectivity index (χ1v) is 10.2. The van der Waals surface area contributed by atoms with Crippen molar-refractivity contribution in [3.05, 3.63) is 59.2 Å². The van der Waals surface area contributed by atoms with Gasteiger partial charge in [0.2, 0.25) is 5.91 Å². The lowest BCUT2D eigenvalue weighted by Crippen LogP contribution is -2.45. The number of rotatable bonds is 5. The molecule has 2 heterocycles. The zero-order valence-corrected chi connectivity index (χ0v) is 16.7. The number of hydrogen-bond acceptors (Lipinski definition) is 4. The van der Waals surface area contributed by atoms with E-state index in [2.05, 4.69) is 53.1 Å². The zero-order chi connectivity index (χ0) is 19.5. The number of hydrogen-bond donors (Lipinski definition) is 2. The van der Waals surface area contributed by atoms with Crippen LogP contribution in [0.5, 0.6) is 5.75 Å². The highest BCUT2D eigenvalue weighted by Crippen LogP contribution is 2.34. The second-order valence-electron chi connectivity index (χ2n) is 7.72. The fraction of sp³-hybridized carbons (Fsp3) is 0.435. The second-order valence-corrected chi connectivity index (χ2v) is 7.72. The minimum atomic E-state index is 0.178. The number of anilines is 1. The summed E-state index contributed by atoms with van der Waals surface area (Å²) >= 11 is 0. The quantitative estimate of drug-likeness (QED) is 0.838. The number of aryl methyl sites for hydroxylation is 1. The molecule has 28 heavy (non-hydrogen) atoms. The van der Waals surface area contributed by atoms with E-state index in [0.717, 1.165) is 36.4 Å². The van der Waals surface area contributed by atoms with Crippen molar-refractivity contribution in [2.75, 3.05) is 25.6 Å². The maximum Gasteiger partial charge on any atom is 0.227 e. The summed E-state index contributed by atoms with van der Waals surface area (Å²) < 4.78 is 5.67. The Morgan fingerprint density at radius 1 is 1.21 bits per heavy atom. The first kappa shape index (κ1) is 19.0. The molecule has 2 aliphatic rings. The van der Waals surface area contributed by atoms with Gasteiger partial charge in [0, 0.05) is 43.3 Å². The van der Waals surface area contributed by atoms with Crippen molar-refractivity contribution in [1.29, 1.82) is 0 Å². The van der Waals surface area contributed by atoms with Gasteiger partial charge in [-0.1, -0.05) is 30.3 Å². The molecule has 1 fully saturated rings. The van der Waals surface area contributed by atoms with Crippen LogP contribution in [-0.4, -0.2) is 32.7 Å². The summed E-state index contributed by atoms with van der Waals surface area (Å²) in [6.45, 7) is 1.76. The lowest BCUT2D eigenvalue weighted by atomic mass is 9.92. The Labute approximate surface area is 167 Å². The molecule has 0 bridgehead atoms. The summed E-state index contributed by atoms with van der Waals surface area (Å²) in [5.41, 5.74) is 4.61. The highest BCUT2D eigenvalue weighted by Gasteiger charge is 2.27. The Kier molecular flexibility index (Phi) is 5.64. The molecule has 4 rings (SSSR count). The van der Waals surface area contributed by atoms with Crippen LogP contribution in [0.4, 0.5) is 5.69 Å². The van der Waals surface area contributed by atoms with Crippen molar-refractivity contribution in [3.8, 4) is 5.75 Å². The molecule has 0 saturated carbocycles. The highest BCUT2D eigenvalue weighted by atomic mass is 16.5. The van der Waals surface area contributed by atoms with Crippen LogP contribution >= 0.6 is 0 Å². The Morgan fingerprint density at radius 2 is 2.04 bits per heavy atom. The normalized spacial score (nSPS) is 22.1. The average molecular weight is 380 g/mol. The molecule has 1 amide bonds. The summed E-state index contributed by atoms with van der Waals surface area (Å²) in [6.07, 6.45) is 3.65. The number of carbonyl (C=O) groups is 1. The van der Waals surface area contributed by atoms with Crippen molar-refractivity contribution in [3.63, 3.8) is 0 Å². The van der Waals surface area contributed by atoms with Crippen LogP contribution in [0.1, 0.15) is 42.0 Å². The Morgan fingerprint density at radius 3 is 2.82 bits per heavy atom.